The number of nitrogens with zero attached hydrogens (tertiary/aromatic N) is 1. The molecule has 0 radical (unpaired) electrons. The van der Waals surface area contributed by atoms with Gasteiger partial charge in [-0.1, -0.05) is 12.1 Å². The third kappa shape index (κ3) is 3.20. The Morgan fingerprint density at radius 2 is 1.88 bits per heavy atom. The Kier molecular flexibility index (Phi) is 3.98. The lowest BCUT2D eigenvalue weighted by atomic mass is 10.2. The summed E-state index contributed by atoms with van der Waals surface area (Å²) in [6.07, 6.45) is 2.19. The normalized spacial score (nSPS) is 15.0. The minimum atomic E-state index is 0.0208. The van der Waals surface area contributed by atoms with Crippen molar-refractivity contribution in [2.45, 2.75) is 19.4 Å². The van der Waals surface area contributed by atoms with E-state index in [-0.39, 0.29) is 19.1 Å². The van der Waals surface area contributed by atoms with Gasteiger partial charge in [-0.2, -0.15) is 0 Å². The van der Waals surface area contributed by atoms with Crippen molar-refractivity contribution in [3.05, 3.63) is 29.8 Å². The highest BCUT2D eigenvalue weighted by Gasteiger charge is 2.17. The first-order chi connectivity index (χ1) is 8.29. The summed E-state index contributed by atoms with van der Waals surface area (Å²) in [4.78, 5) is 13.5. The van der Waals surface area contributed by atoms with E-state index in [1.165, 1.54) is 0 Å². The second kappa shape index (κ2) is 5.68. The van der Waals surface area contributed by atoms with Gasteiger partial charge in [-0.05, 0) is 30.5 Å². The van der Waals surface area contributed by atoms with Crippen molar-refractivity contribution in [1.29, 1.82) is 0 Å². The van der Waals surface area contributed by atoms with E-state index in [1.54, 1.807) is 24.3 Å². The molecule has 1 aromatic rings. The Labute approximate surface area is 101 Å². The summed E-state index contributed by atoms with van der Waals surface area (Å²) >= 11 is 0. The number of ether oxygens (including phenoxy) is 1. The molecular weight excluding hydrogens is 218 g/mol. The van der Waals surface area contributed by atoms with Crippen LogP contribution in [-0.2, 0) is 11.4 Å². The number of hydrogen-bond acceptors (Lipinski definition) is 3. The summed E-state index contributed by atoms with van der Waals surface area (Å²) in [5, 5.41) is 8.89. The average molecular weight is 235 g/mol. The molecule has 0 aromatic heterocycles. The van der Waals surface area contributed by atoms with Crippen LogP contribution in [0.1, 0.15) is 18.4 Å². The summed E-state index contributed by atoms with van der Waals surface area (Å²) in [5.74, 6) is 0.712. The summed E-state index contributed by atoms with van der Waals surface area (Å²) in [5.41, 5.74) is 0.836. The van der Waals surface area contributed by atoms with Gasteiger partial charge in [-0.3, -0.25) is 4.79 Å². The summed E-state index contributed by atoms with van der Waals surface area (Å²) in [6.45, 7) is 1.82. The molecule has 1 N–H and O–H groups in total. The van der Waals surface area contributed by atoms with E-state index in [1.807, 2.05) is 4.90 Å². The van der Waals surface area contributed by atoms with E-state index in [4.69, 9.17) is 9.84 Å². The number of amides is 1. The standard InChI is InChI=1S/C13H17NO3/c15-9-11-3-5-12(6-4-11)17-10-13(16)14-7-1-2-8-14/h3-6,15H,1-2,7-10H2. The van der Waals surface area contributed by atoms with Crippen molar-refractivity contribution in [2.24, 2.45) is 0 Å². The van der Waals surface area contributed by atoms with Crippen LogP contribution in [0.4, 0.5) is 0 Å². The lowest BCUT2D eigenvalue weighted by molar-refractivity contribution is -0.132. The lowest BCUT2D eigenvalue weighted by Gasteiger charge is -2.15. The number of aliphatic hydroxyl groups is 1. The molecular formula is C13H17NO3. The Morgan fingerprint density at radius 1 is 1.24 bits per heavy atom. The predicted octanol–water partition coefficient (Wildman–Crippen LogP) is 1.18. The first kappa shape index (κ1) is 11.9. The van der Waals surface area contributed by atoms with E-state index in [9.17, 15) is 4.79 Å². The Hall–Kier alpha value is -1.55. The zero-order valence-electron chi connectivity index (χ0n) is 9.76. The van der Waals surface area contributed by atoms with Crippen LogP contribution in [0.2, 0.25) is 0 Å². The van der Waals surface area contributed by atoms with Crippen molar-refractivity contribution in [2.75, 3.05) is 19.7 Å². The molecule has 0 saturated carbocycles. The molecule has 1 aliphatic heterocycles. The van der Waals surface area contributed by atoms with Gasteiger partial charge in [0.2, 0.25) is 0 Å². The summed E-state index contributed by atoms with van der Waals surface area (Å²) in [7, 11) is 0. The SMILES string of the molecule is O=C(COc1ccc(CO)cc1)N1CCCC1. The van der Waals surface area contributed by atoms with E-state index >= 15 is 0 Å². The molecule has 1 amide bonds. The van der Waals surface area contributed by atoms with Crippen molar-refractivity contribution in [1.82, 2.24) is 4.90 Å². The molecule has 0 unspecified atom stereocenters. The molecule has 2 rings (SSSR count). The maximum atomic E-state index is 11.7. The van der Waals surface area contributed by atoms with Crippen LogP contribution in [0.15, 0.2) is 24.3 Å². The third-order valence-corrected chi connectivity index (χ3v) is 2.93. The van der Waals surface area contributed by atoms with Gasteiger partial charge in [0.15, 0.2) is 6.61 Å². The summed E-state index contributed by atoms with van der Waals surface area (Å²) in [6, 6.07) is 7.11. The number of aliphatic hydroxyl groups excluding tert-OH is 1. The van der Waals surface area contributed by atoms with Gasteiger partial charge in [0.25, 0.3) is 5.91 Å². The van der Waals surface area contributed by atoms with Gasteiger partial charge < -0.3 is 14.7 Å². The zero-order valence-corrected chi connectivity index (χ0v) is 9.76. The molecule has 0 aliphatic carbocycles. The molecule has 0 atom stereocenters. The van der Waals surface area contributed by atoms with Gasteiger partial charge in [-0.15, -0.1) is 0 Å². The molecule has 1 aliphatic rings. The van der Waals surface area contributed by atoms with Crippen LogP contribution in [0.3, 0.4) is 0 Å². The second-order valence-electron chi connectivity index (χ2n) is 4.18. The Morgan fingerprint density at radius 3 is 2.47 bits per heavy atom. The van der Waals surface area contributed by atoms with Crippen LogP contribution in [0.5, 0.6) is 5.75 Å². The van der Waals surface area contributed by atoms with Gasteiger partial charge in [0.05, 0.1) is 6.61 Å². The van der Waals surface area contributed by atoms with Crippen molar-refractivity contribution in [3.8, 4) is 5.75 Å². The molecule has 1 heterocycles. The molecule has 4 heteroatoms. The largest absolute Gasteiger partial charge is 0.484 e. The van der Waals surface area contributed by atoms with Gasteiger partial charge in [0, 0.05) is 13.1 Å². The van der Waals surface area contributed by atoms with E-state index in [0.717, 1.165) is 31.5 Å². The molecule has 0 bridgehead atoms. The van der Waals surface area contributed by atoms with E-state index in [2.05, 4.69) is 0 Å². The van der Waals surface area contributed by atoms with Crippen LogP contribution < -0.4 is 4.74 Å². The molecule has 1 aromatic carbocycles. The van der Waals surface area contributed by atoms with Crippen LogP contribution in [-0.4, -0.2) is 35.6 Å². The fraction of sp³-hybridized carbons (Fsp3) is 0.462. The molecule has 92 valence electrons. The monoisotopic (exact) mass is 235 g/mol. The van der Waals surface area contributed by atoms with E-state index in [0.29, 0.717) is 5.75 Å². The Balaban J connectivity index is 1.82. The van der Waals surface area contributed by atoms with Gasteiger partial charge in [-0.25, -0.2) is 0 Å². The number of hydrogen-bond donors (Lipinski definition) is 1. The minimum Gasteiger partial charge on any atom is -0.484 e. The highest BCUT2D eigenvalue weighted by molar-refractivity contribution is 5.78. The fourth-order valence-corrected chi connectivity index (χ4v) is 1.89. The quantitative estimate of drug-likeness (QED) is 0.852. The maximum Gasteiger partial charge on any atom is 0.260 e. The smallest absolute Gasteiger partial charge is 0.260 e. The van der Waals surface area contributed by atoms with Gasteiger partial charge >= 0.3 is 0 Å². The molecule has 1 fully saturated rings. The third-order valence-electron chi connectivity index (χ3n) is 2.93. The second-order valence-corrected chi connectivity index (χ2v) is 4.18. The highest BCUT2D eigenvalue weighted by Crippen LogP contribution is 2.13. The van der Waals surface area contributed by atoms with Crippen molar-refractivity contribution in [3.63, 3.8) is 0 Å². The Bertz CT molecular complexity index is 369. The topological polar surface area (TPSA) is 49.8 Å². The van der Waals surface area contributed by atoms with Crippen molar-refractivity contribution >= 4 is 5.91 Å². The average Bonchev–Trinajstić information content (AvgIpc) is 2.90. The first-order valence-electron chi connectivity index (χ1n) is 5.90. The molecule has 17 heavy (non-hydrogen) atoms. The molecule has 4 nitrogen and oxygen atoms in total. The number of benzene rings is 1. The number of rotatable bonds is 4. The maximum absolute atomic E-state index is 11.7. The van der Waals surface area contributed by atoms with Crippen molar-refractivity contribution < 1.29 is 14.6 Å². The van der Waals surface area contributed by atoms with Crippen LogP contribution in [0, 0.1) is 0 Å². The molecule has 1 saturated heterocycles. The number of carbonyl (C=O) groups is 1. The highest BCUT2D eigenvalue weighted by atomic mass is 16.5. The fourth-order valence-electron chi connectivity index (χ4n) is 1.89. The lowest BCUT2D eigenvalue weighted by Crippen LogP contribution is -2.32. The number of likely N-dealkylation sites (tertiary alicyclic amines) is 1. The number of carbonyl (C=O) groups excluding carboxylic acids is 1. The van der Waals surface area contributed by atoms with Crippen LogP contribution in [0.25, 0.3) is 0 Å². The van der Waals surface area contributed by atoms with Crippen LogP contribution >= 0.6 is 0 Å². The minimum absolute atomic E-state index is 0.0208. The predicted molar refractivity (Wildman–Crippen MR) is 63.7 cm³/mol. The molecule has 0 spiro atoms. The first-order valence-corrected chi connectivity index (χ1v) is 5.90. The summed E-state index contributed by atoms with van der Waals surface area (Å²) < 4.78 is 5.41. The van der Waals surface area contributed by atoms with Gasteiger partial charge in [0.1, 0.15) is 5.75 Å². The van der Waals surface area contributed by atoms with E-state index < -0.39 is 0 Å². The zero-order chi connectivity index (χ0) is 12.1.